The number of hydroxylamine groups is 1. The summed E-state index contributed by atoms with van der Waals surface area (Å²) in [6.45, 7) is 3.92. The highest BCUT2D eigenvalue weighted by Crippen LogP contribution is 2.25. The second-order valence-electron chi connectivity index (χ2n) is 6.06. The van der Waals surface area contributed by atoms with Gasteiger partial charge in [-0.15, -0.1) is 0 Å². The molecule has 0 saturated heterocycles. The summed E-state index contributed by atoms with van der Waals surface area (Å²) in [5.74, 6) is 0.0502. The van der Waals surface area contributed by atoms with Gasteiger partial charge in [0.15, 0.2) is 0 Å². The quantitative estimate of drug-likeness (QED) is 0.560. The molecule has 3 aromatic rings. The Hall–Kier alpha value is -3.25. The maximum Gasteiger partial charge on any atom is 0.275 e. The maximum absolute atomic E-state index is 12.3. The lowest BCUT2D eigenvalue weighted by Gasteiger charge is -2.13. The molecule has 0 unspecified atom stereocenters. The zero-order valence-electron chi connectivity index (χ0n) is 14.6. The number of aryl methyl sites for hydroxylation is 2. The number of amides is 1. The monoisotopic (exact) mass is 349 g/mol. The predicted molar refractivity (Wildman–Crippen MR) is 98.2 cm³/mol. The molecule has 26 heavy (non-hydrogen) atoms. The molecule has 0 saturated carbocycles. The highest BCUT2D eigenvalue weighted by Gasteiger charge is 2.14. The fourth-order valence-electron chi connectivity index (χ4n) is 2.94. The van der Waals surface area contributed by atoms with Crippen LogP contribution in [0.1, 0.15) is 27.4 Å². The van der Waals surface area contributed by atoms with E-state index in [0.717, 1.165) is 11.1 Å². The Morgan fingerprint density at radius 1 is 1.12 bits per heavy atom. The number of nitrogens with zero attached hydrogens (tertiary/aromatic N) is 2. The third-order valence-electron chi connectivity index (χ3n) is 4.18. The first kappa shape index (κ1) is 17.6. The molecule has 0 radical (unpaired) electrons. The van der Waals surface area contributed by atoms with E-state index < -0.39 is 5.91 Å². The number of hydrogen-bond donors (Lipinski definition) is 2. The van der Waals surface area contributed by atoms with Crippen molar-refractivity contribution in [2.45, 2.75) is 20.4 Å². The average Bonchev–Trinajstić information content (AvgIpc) is 2.64. The van der Waals surface area contributed by atoms with Crippen LogP contribution >= 0.6 is 0 Å². The molecule has 0 bridgehead atoms. The molecule has 2 aromatic carbocycles. The van der Waals surface area contributed by atoms with E-state index in [1.807, 2.05) is 36.4 Å². The molecule has 132 valence electrons. The number of benzene rings is 2. The topological polar surface area (TPSA) is 84.2 Å². The summed E-state index contributed by atoms with van der Waals surface area (Å²) in [4.78, 5) is 28.6. The van der Waals surface area contributed by atoms with Crippen molar-refractivity contribution in [3.8, 4) is 11.1 Å². The van der Waals surface area contributed by atoms with Crippen molar-refractivity contribution in [2.75, 3.05) is 0 Å². The van der Waals surface area contributed by atoms with Gasteiger partial charge in [0.05, 0.1) is 6.54 Å². The van der Waals surface area contributed by atoms with E-state index in [1.165, 1.54) is 6.07 Å². The molecule has 1 amide bonds. The van der Waals surface area contributed by atoms with E-state index in [2.05, 4.69) is 4.98 Å². The Kier molecular flexibility index (Phi) is 4.95. The zero-order chi connectivity index (χ0) is 18.7. The molecule has 0 fully saturated rings. The molecule has 0 aliphatic heterocycles. The minimum absolute atomic E-state index is 0.117. The van der Waals surface area contributed by atoms with Crippen molar-refractivity contribution >= 4 is 5.91 Å². The number of carbonyl (C=O) groups excluding carboxylic acids is 1. The number of aromatic nitrogens is 2. The smallest absolute Gasteiger partial charge is 0.275 e. The number of hydrogen-bond acceptors (Lipinski definition) is 4. The average molecular weight is 349 g/mol. The molecule has 3 rings (SSSR count). The molecule has 6 heteroatoms. The lowest BCUT2D eigenvalue weighted by atomic mass is 9.96. The van der Waals surface area contributed by atoms with Gasteiger partial charge in [0, 0.05) is 17.3 Å². The Balaban J connectivity index is 2.08. The molecular weight excluding hydrogens is 330 g/mol. The standard InChI is InChI=1S/C20H19N3O3/c1-13-10-19(24)23(14(2)21-13)12-15-8-9-17(20(25)22-26)18(11-15)16-6-4-3-5-7-16/h3-11,26H,12H2,1-2H3,(H,22,25). The SMILES string of the molecule is Cc1cc(=O)n(Cc2ccc(C(=O)NO)c(-c3ccccc3)c2)c(C)n1. The van der Waals surface area contributed by atoms with Crippen molar-refractivity contribution in [1.29, 1.82) is 0 Å². The molecule has 0 atom stereocenters. The number of rotatable bonds is 4. The van der Waals surface area contributed by atoms with Crippen LogP contribution in [-0.4, -0.2) is 20.7 Å². The fourth-order valence-corrected chi connectivity index (χ4v) is 2.94. The van der Waals surface area contributed by atoms with E-state index in [0.29, 0.717) is 29.2 Å². The molecule has 1 heterocycles. The van der Waals surface area contributed by atoms with E-state index in [4.69, 9.17) is 5.21 Å². The third kappa shape index (κ3) is 3.55. The Morgan fingerprint density at radius 3 is 2.50 bits per heavy atom. The van der Waals surface area contributed by atoms with E-state index >= 15 is 0 Å². The van der Waals surface area contributed by atoms with Gasteiger partial charge >= 0.3 is 0 Å². The summed E-state index contributed by atoms with van der Waals surface area (Å²) < 4.78 is 1.59. The normalized spacial score (nSPS) is 10.6. The Bertz CT molecular complexity index is 1010. The molecule has 2 N–H and O–H groups in total. The van der Waals surface area contributed by atoms with Gasteiger partial charge in [-0.05, 0) is 42.7 Å². The Morgan fingerprint density at radius 2 is 1.85 bits per heavy atom. The third-order valence-corrected chi connectivity index (χ3v) is 4.18. The van der Waals surface area contributed by atoms with Crippen molar-refractivity contribution in [3.05, 3.63) is 87.6 Å². The second-order valence-corrected chi connectivity index (χ2v) is 6.06. The van der Waals surface area contributed by atoms with Gasteiger partial charge in [-0.25, -0.2) is 10.5 Å². The van der Waals surface area contributed by atoms with Crippen LogP contribution in [-0.2, 0) is 6.54 Å². The summed E-state index contributed by atoms with van der Waals surface area (Å²) in [7, 11) is 0. The largest absolute Gasteiger partial charge is 0.292 e. The fraction of sp³-hybridized carbons (Fsp3) is 0.150. The molecule has 0 aliphatic rings. The number of nitrogens with one attached hydrogen (secondary N) is 1. The van der Waals surface area contributed by atoms with Crippen LogP contribution in [0.25, 0.3) is 11.1 Å². The van der Waals surface area contributed by atoms with Gasteiger partial charge in [0.25, 0.3) is 11.5 Å². The van der Waals surface area contributed by atoms with Gasteiger partial charge < -0.3 is 0 Å². The minimum Gasteiger partial charge on any atom is -0.292 e. The van der Waals surface area contributed by atoms with Crippen molar-refractivity contribution in [3.63, 3.8) is 0 Å². The first-order valence-electron chi connectivity index (χ1n) is 8.17. The van der Waals surface area contributed by atoms with Gasteiger partial charge in [0.2, 0.25) is 0 Å². The van der Waals surface area contributed by atoms with Crippen LogP contribution in [0.2, 0.25) is 0 Å². The molecule has 0 aliphatic carbocycles. The van der Waals surface area contributed by atoms with Gasteiger partial charge in [0.1, 0.15) is 5.82 Å². The van der Waals surface area contributed by atoms with Crippen molar-refractivity contribution in [1.82, 2.24) is 15.0 Å². The van der Waals surface area contributed by atoms with Crippen LogP contribution in [0, 0.1) is 13.8 Å². The van der Waals surface area contributed by atoms with E-state index in [-0.39, 0.29) is 5.56 Å². The van der Waals surface area contributed by atoms with Crippen molar-refractivity contribution < 1.29 is 10.0 Å². The van der Waals surface area contributed by atoms with Gasteiger partial charge in [-0.3, -0.25) is 19.4 Å². The van der Waals surface area contributed by atoms with Crippen LogP contribution in [0.15, 0.2) is 59.4 Å². The minimum atomic E-state index is -0.583. The molecule has 0 spiro atoms. The van der Waals surface area contributed by atoms with E-state index in [1.54, 1.807) is 36.0 Å². The van der Waals surface area contributed by atoms with Gasteiger partial charge in [-0.1, -0.05) is 36.4 Å². The van der Waals surface area contributed by atoms with Crippen molar-refractivity contribution in [2.24, 2.45) is 0 Å². The Labute approximate surface area is 150 Å². The van der Waals surface area contributed by atoms with Crippen LogP contribution in [0.3, 0.4) is 0 Å². The predicted octanol–water partition coefficient (Wildman–Crippen LogP) is 2.69. The summed E-state index contributed by atoms with van der Waals surface area (Å²) in [6.07, 6.45) is 0. The lowest BCUT2D eigenvalue weighted by molar-refractivity contribution is 0.0707. The molecular formula is C20H19N3O3. The first-order valence-corrected chi connectivity index (χ1v) is 8.17. The zero-order valence-corrected chi connectivity index (χ0v) is 14.6. The number of carbonyl (C=O) groups is 1. The highest BCUT2D eigenvalue weighted by molar-refractivity contribution is 6.00. The molecule has 6 nitrogen and oxygen atoms in total. The summed E-state index contributed by atoms with van der Waals surface area (Å²) in [6, 6.07) is 16.2. The first-order chi connectivity index (χ1) is 12.5. The molecule has 1 aromatic heterocycles. The highest BCUT2D eigenvalue weighted by atomic mass is 16.5. The van der Waals surface area contributed by atoms with Crippen LogP contribution < -0.4 is 11.0 Å². The maximum atomic E-state index is 12.3. The second kappa shape index (κ2) is 7.33. The lowest BCUT2D eigenvalue weighted by Crippen LogP contribution is -2.24. The summed E-state index contributed by atoms with van der Waals surface area (Å²) in [5, 5.41) is 9.01. The van der Waals surface area contributed by atoms with Gasteiger partial charge in [-0.2, -0.15) is 0 Å². The summed E-state index contributed by atoms with van der Waals surface area (Å²) in [5.41, 5.74) is 4.99. The summed E-state index contributed by atoms with van der Waals surface area (Å²) >= 11 is 0. The van der Waals surface area contributed by atoms with Crippen LogP contribution in [0.5, 0.6) is 0 Å². The van der Waals surface area contributed by atoms with E-state index in [9.17, 15) is 9.59 Å². The van der Waals surface area contributed by atoms with Crippen LogP contribution in [0.4, 0.5) is 0 Å².